The molecule has 258 valence electrons. The smallest absolute Gasteiger partial charge is 0.434 e. The normalized spacial score (nSPS) is 16.0. The Morgan fingerprint density at radius 1 is 1.08 bits per heavy atom. The second kappa shape index (κ2) is 14.4. The molecule has 0 bridgehead atoms. The molecule has 10 nitrogen and oxygen atoms in total. The van der Waals surface area contributed by atoms with Crippen molar-refractivity contribution < 1.29 is 54.9 Å². The highest BCUT2D eigenvalue weighted by Crippen LogP contribution is 2.40. The van der Waals surface area contributed by atoms with E-state index in [0.717, 1.165) is 24.3 Å². The molecule has 0 radical (unpaired) electrons. The number of benzene rings is 2. The maximum Gasteiger partial charge on any atom is 0.434 e. The van der Waals surface area contributed by atoms with E-state index in [2.05, 4.69) is 15.3 Å². The van der Waals surface area contributed by atoms with Crippen LogP contribution in [0.2, 0.25) is 0 Å². The van der Waals surface area contributed by atoms with Crippen LogP contribution < -0.4 is 10.1 Å². The molecule has 1 saturated heterocycles. The molecule has 2 N–H and O–H groups in total. The third-order valence-corrected chi connectivity index (χ3v) is 6.82. The second-order valence-corrected chi connectivity index (χ2v) is 11.6. The highest BCUT2D eigenvalue weighted by Gasteiger charge is 2.37. The van der Waals surface area contributed by atoms with E-state index >= 15 is 0 Å². The lowest BCUT2D eigenvalue weighted by Crippen LogP contribution is -2.46. The number of guanidine groups is 1. The number of halogens is 6. The van der Waals surface area contributed by atoms with E-state index in [1.807, 2.05) is 0 Å². The number of aliphatic imine (C=N–C) groups is 1. The van der Waals surface area contributed by atoms with Crippen molar-refractivity contribution in [1.82, 2.24) is 15.2 Å². The number of aromatic nitrogens is 1. The summed E-state index contributed by atoms with van der Waals surface area (Å²) in [5, 5.41) is 11.6. The molecule has 2 aromatic carbocycles. The molecule has 1 aromatic heterocycles. The van der Waals surface area contributed by atoms with Crippen LogP contribution in [0.4, 0.5) is 35.9 Å². The van der Waals surface area contributed by atoms with Gasteiger partial charge in [0.2, 0.25) is 11.9 Å². The van der Waals surface area contributed by atoms with E-state index in [1.165, 1.54) is 35.4 Å². The van der Waals surface area contributed by atoms with E-state index in [-0.39, 0.29) is 42.7 Å². The van der Waals surface area contributed by atoms with Gasteiger partial charge >= 0.3 is 24.5 Å². The number of carboxylic acid groups (broad SMARTS) is 1. The summed E-state index contributed by atoms with van der Waals surface area (Å²) in [6.45, 7) is 5.02. The number of carbonyl (C=O) groups excluding carboxylic acids is 1. The summed E-state index contributed by atoms with van der Waals surface area (Å²) in [5.74, 6) is -0.669. The predicted molar refractivity (Wildman–Crippen MR) is 161 cm³/mol. The summed E-state index contributed by atoms with van der Waals surface area (Å²) < 4.78 is 96.5. The highest BCUT2D eigenvalue weighted by molar-refractivity contribution is 5.98. The van der Waals surface area contributed by atoms with Crippen LogP contribution in [0, 0.1) is 0 Å². The van der Waals surface area contributed by atoms with Gasteiger partial charge in [-0.1, -0.05) is 24.3 Å². The first-order valence-corrected chi connectivity index (χ1v) is 14.6. The molecule has 1 atom stereocenters. The van der Waals surface area contributed by atoms with Gasteiger partial charge in [-0.25, -0.2) is 14.6 Å². The van der Waals surface area contributed by atoms with Crippen LogP contribution in [-0.2, 0) is 17.1 Å². The SMILES string of the molecule is CC(C)(C)OC(=O)NC(=NC(=O)O)N1CCCC1c1nc(-c2ccc(OCCC=Cc3ccc(C(F)(F)F)cc3)c(C(F)(F)F)c2)co1. The molecular formula is C32H32F6N4O6. The largest absolute Gasteiger partial charge is 0.493 e. The molecule has 0 aliphatic carbocycles. The fraction of sp³-hybridized carbons (Fsp3) is 0.375. The number of nitrogens with one attached hydrogen (secondary N) is 1. The van der Waals surface area contributed by atoms with Gasteiger partial charge < -0.3 is 23.9 Å². The van der Waals surface area contributed by atoms with Gasteiger partial charge in [-0.05, 0) is 75.9 Å². The lowest BCUT2D eigenvalue weighted by Gasteiger charge is -2.26. The third kappa shape index (κ3) is 9.75. The summed E-state index contributed by atoms with van der Waals surface area (Å²) in [5.41, 5.74) is -2.09. The van der Waals surface area contributed by atoms with E-state index < -0.39 is 53.1 Å². The number of hydrogen-bond acceptors (Lipinski definition) is 6. The Labute approximate surface area is 271 Å². The fourth-order valence-electron chi connectivity index (χ4n) is 4.78. The molecule has 0 spiro atoms. The average Bonchev–Trinajstić information content (AvgIpc) is 3.65. The Bertz CT molecular complexity index is 1660. The van der Waals surface area contributed by atoms with Crippen LogP contribution in [0.25, 0.3) is 17.3 Å². The molecule has 3 aromatic rings. The van der Waals surface area contributed by atoms with Crippen molar-refractivity contribution in [2.75, 3.05) is 13.2 Å². The molecule has 1 aliphatic heterocycles. The van der Waals surface area contributed by atoms with E-state index in [1.54, 1.807) is 26.8 Å². The molecule has 1 aliphatic rings. The van der Waals surface area contributed by atoms with Gasteiger partial charge in [0.05, 0.1) is 17.7 Å². The van der Waals surface area contributed by atoms with Gasteiger partial charge in [0, 0.05) is 12.1 Å². The van der Waals surface area contributed by atoms with Crippen LogP contribution in [0.5, 0.6) is 5.75 Å². The van der Waals surface area contributed by atoms with E-state index in [0.29, 0.717) is 18.4 Å². The number of carbonyl (C=O) groups is 2. The summed E-state index contributed by atoms with van der Waals surface area (Å²) in [6, 6.07) is 7.13. The summed E-state index contributed by atoms with van der Waals surface area (Å²) in [4.78, 5) is 33.1. The van der Waals surface area contributed by atoms with Gasteiger partial charge in [-0.3, -0.25) is 5.32 Å². The van der Waals surface area contributed by atoms with Crippen LogP contribution >= 0.6 is 0 Å². The molecule has 0 saturated carbocycles. The zero-order valence-corrected chi connectivity index (χ0v) is 26.0. The molecule has 48 heavy (non-hydrogen) atoms. The molecule has 2 heterocycles. The van der Waals surface area contributed by atoms with Crippen LogP contribution in [0.15, 0.2) is 64.2 Å². The number of alkyl halides is 6. The summed E-state index contributed by atoms with van der Waals surface area (Å²) in [7, 11) is 0. The number of likely N-dealkylation sites (tertiary alicyclic amines) is 1. The van der Waals surface area contributed by atoms with Crippen molar-refractivity contribution in [3.63, 3.8) is 0 Å². The van der Waals surface area contributed by atoms with Gasteiger partial charge in [0.25, 0.3) is 0 Å². The van der Waals surface area contributed by atoms with Crippen molar-refractivity contribution in [1.29, 1.82) is 0 Å². The van der Waals surface area contributed by atoms with Crippen molar-refractivity contribution >= 4 is 24.2 Å². The Kier molecular flexibility index (Phi) is 10.7. The van der Waals surface area contributed by atoms with Crippen molar-refractivity contribution in [3.05, 3.63) is 77.4 Å². The first-order valence-electron chi connectivity index (χ1n) is 14.6. The van der Waals surface area contributed by atoms with Gasteiger partial charge in [0.15, 0.2) is 0 Å². The molecule has 2 amide bonds. The first-order chi connectivity index (χ1) is 22.4. The number of alkyl carbamates (subject to hydrolysis) is 1. The Balaban J connectivity index is 1.46. The molecule has 16 heteroatoms. The number of rotatable bonds is 7. The average molecular weight is 683 g/mol. The highest BCUT2D eigenvalue weighted by atomic mass is 19.4. The van der Waals surface area contributed by atoms with Crippen molar-refractivity contribution in [3.8, 4) is 17.0 Å². The maximum atomic E-state index is 14.0. The Morgan fingerprint density at radius 3 is 2.42 bits per heavy atom. The fourth-order valence-corrected chi connectivity index (χ4v) is 4.78. The zero-order chi connectivity index (χ0) is 35.3. The van der Waals surface area contributed by atoms with Gasteiger partial charge in [-0.2, -0.15) is 26.3 Å². The Morgan fingerprint density at radius 2 is 1.79 bits per heavy atom. The monoisotopic (exact) mass is 682 g/mol. The lowest BCUT2D eigenvalue weighted by molar-refractivity contribution is -0.139. The van der Waals surface area contributed by atoms with Crippen LogP contribution in [-0.4, -0.2) is 51.9 Å². The molecular weight excluding hydrogens is 650 g/mol. The third-order valence-electron chi connectivity index (χ3n) is 6.82. The summed E-state index contributed by atoms with van der Waals surface area (Å²) >= 11 is 0. The zero-order valence-electron chi connectivity index (χ0n) is 26.0. The minimum Gasteiger partial charge on any atom is -0.493 e. The number of nitrogens with zero attached hydrogens (tertiary/aromatic N) is 3. The van der Waals surface area contributed by atoms with Crippen molar-refractivity contribution in [2.24, 2.45) is 4.99 Å². The molecule has 1 fully saturated rings. The Hall–Kier alpha value is -5.02. The van der Waals surface area contributed by atoms with Crippen LogP contribution in [0.3, 0.4) is 0 Å². The maximum absolute atomic E-state index is 14.0. The molecule has 1 unspecified atom stereocenters. The molecule has 4 rings (SSSR count). The number of ether oxygens (including phenoxy) is 2. The van der Waals surface area contributed by atoms with Gasteiger partial charge in [0.1, 0.15) is 29.3 Å². The quantitative estimate of drug-likeness (QED) is 0.110. The number of amides is 2. The lowest BCUT2D eigenvalue weighted by atomic mass is 10.1. The minimum absolute atomic E-state index is 0.0697. The summed E-state index contributed by atoms with van der Waals surface area (Å²) in [6.07, 6.45) is -6.33. The van der Waals surface area contributed by atoms with Crippen molar-refractivity contribution in [2.45, 2.75) is 64.0 Å². The van der Waals surface area contributed by atoms with E-state index in [4.69, 9.17) is 13.9 Å². The first kappa shape index (κ1) is 35.8. The standard InChI is InChI=1S/C32H32F6N4O6/c1-30(2,3)48-29(45)41-27(40-28(43)44)42-15-6-8-24(42)26-39-23(18-47-26)20-11-14-25(22(17-20)32(36,37)38)46-16-5-4-7-19-9-12-21(13-10-19)31(33,34)35/h4,7,9-14,17-18,24H,5-6,8,15-16H2,1-3H3,(H,43,44)(H,40,41,45). The minimum atomic E-state index is -4.79. The topological polar surface area (TPSA) is 126 Å². The number of hydrogen-bond donors (Lipinski definition) is 2. The second-order valence-electron chi connectivity index (χ2n) is 11.6. The van der Waals surface area contributed by atoms with Gasteiger partial charge in [-0.15, -0.1) is 4.99 Å². The van der Waals surface area contributed by atoms with E-state index in [9.17, 15) is 41.0 Å². The predicted octanol–water partition coefficient (Wildman–Crippen LogP) is 8.56. The van der Waals surface area contributed by atoms with Crippen LogP contribution in [0.1, 0.15) is 68.7 Å². The number of oxazole rings is 1.